The fraction of sp³-hybridized carbons (Fsp3) is 0.0435. The van der Waals surface area contributed by atoms with E-state index in [0.717, 1.165) is 15.7 Å². The lowest BCUT2D eigenvalue weighted by Crippen LogP contribution is -2.44. The van der Waals surface area contributed by atoms with E-state index in [9.17, 15) is 23.6 Å². The Bertz CT molecular complexity index is 1570. The molecule has 5 rings (SSSR count). The molecule has 0 saturated carbocycles. The van der Waals surface area contributed by atoms with Gasteiger partial charge in [-0.1, -0.05) is 30.3 Å². The molecule has 1 unspecified atom stereocenters. The van der Waals surface area contributed by atoms with Crippen molar-refractivity contribution in [3.05, 3.63) is 89.1 Å². The van der Waals surface area contributed by atoms with Crippen LogP contribution in [0.15, 0.2) is 88.5 Å². The molecule has 3 aromatic rings. The predicted molar refractivity (Wildman–Crippen MR) is 119 cm³/mol. The molecule has 2 aliphatic rings. The zero-order chi connectivity index (χ0) is 23.5. The average molecular weight is 460 g/mol. The highest BCUT2D eigenvalue weighted by Crippen LogP contribution is 2.49. The number of carbonyl (C=O) groups is 1. The normalized spacial score (nSPS) is 18.0. The minimum Gasteiger partial charge on any atom is -0.480 e. The van der Waals surface area contributed by atoms with Crippen LogP contribution in [0.3, 0.4) is 0 Å². The summed E-state index contributed by atoms with van der Waals surface area (Å²) < 4.78 is 28.7. The molecule has 0 aliphatic carbocycles. The number of aliphatic hydroxyl groups is 1. The predicted octanol–water partition coefficient (Wildman–Crippen LogP) is 2.47. The Morgan fingerprint density at radius 1 is 1.06 bits per heavy atom. The summed E-state index contributed by atoms with van der Waals surface area (Å²) in [6, 6.07) is 18.1. The van der Waals surface area contributed by atoms with Crippen LogP contribution in [-0.4, -0.2) is 19.4 Å². The Kier molecular flexibility index (Phi) is 4.42. The molecule has 0 saturated heterocycles. The quantitative estimate of drug-likeness (QED) is 0.529. The van der Waals surface area contributed by atoms with E-state index < -0.39 is 27.8 Å². The fourth-order valence-corrected chi connectivity index (χ4v) is 4.77. The molecule has 2 heterocycles. The molecule has 1 atom stereocenters. The largest absolute Gasteiger partial charge is 0.480 e. The van der Waals surface area contributed by atoms with Gasteiger partial charge in [0.15, 0.2) is 0 Å². The second kappa shape index (κ2) is 7.09. The Morgan fingerprint density at radius 3 is 2.42 bits per heavy atom. The number of aliphatic hydroxyl groups excluding tert-OH is 1. The molecule has 2 aliphatic heterocycles. The maximum absolute atomic E-state index is 13.5. The third-order valence-corrected chi connectivity index (χ3v) is 6.66. The third kappa shape index (κ3) is 3.02. The van der Waals surface area contributed by atoms with Gasteiger partial charge in [0.1, 0.15) is 17.1 Å². The standard InChI is InChI=1S/C23H16N4O5S/c24-11-16-19-18-15-4-2-1-3-12(15)5-10-17(18)32-23(29)20(19)22(28)27(21(16)25)13-6-8-14(9-7-13)33(26,30)31/h1-10,19,29H,25H2,(H2,26,30,31). The molecule has 0 radical (unpaired) electrons. The SMILES string of the molecule is N#CC1=C(N)N(c2ccc(S(N)(=O)=O)cc2)C(=O)C2=C(O)Oc3ccc4ccccc4c3C12. The van der Waals surface area contributed by atoms with Crippen molar-refractivity contribution in [1.82, 2.24) is 0 Å². The van der Waals surface area contributed by atoms with E-state index in [2.05, 4.69) is 6.07 Å². The van der Waals surface area contributed by atoms with Gasteiger partial charge in [-0.25, -0.2) is 13.6 Å². The second-order valence-corrected chi connectivity index (χ2v) is 9.10. The van der Waals surface area contributed by atoms with E-state index in [4.69, 9.17) is 15.6 Å². The van der Waals surface area contributed by atoms with Gasteiger partial charge in [-0.2, -0.15) is 5.26 Å². The van der Waals surface area contributed by atoms with Crippen molar-refractivity contribution in [2.75, 3.05) is 4.90 Å². The van der Waals surface area contributed by atoms with E-state index in [-0.39, 0.29) is 27.6 Å². The number of primary sulfonamides is 1. The molecule has 0 fully saturated rings. The van der Waals surface area contributed by atoms with Crippen molar-refractivity contribution in [3.63, 3.8) is 0 Å². The van der Waals surface area contributed by atoms with Gasteiger partial charge in [-0.15, -0.1) is 0 Å². The minimum atomic E-state index is -3.94. The Labute approximate surface area is 188 Å². The number of sulfonamides is 1. The topological polar surface area (TPSA) is 160 Å². The van der Waals surface area contributed by atoms with E-state index in [1.54, 1.807) is 6.07 Å². The number of amides is 1. The number of benzene rings is 3. The number of nitrogens with two attached hydrogens (primary N) is 2. The van der Waals surface area contributed by atoms with Crippen LogP contribution >= 0.6 is 0 Å². The molecule has 9 nitrogen and oxygen atoms in total. The number of hydrogen-bond acceptors (Lipinski definition) is 7. The number of rotatable bonds is 2. The lowest BCUT2D eigenvalue weighted by molar-refractivity contribution is -0.115. The molecular formula is C23H16N4O5S. The number of anilines is 1. The smallest absolute Gasteiger partial charge is 0.292 e. The lowest BCUT2D eigenvalue weighted by Gasteiger charge is -2.37. The summed E-state index contributed by atoms with van der Waals surface area (Å²) in [6.07, 6.45) is 0. The summed E-state index contributed by atoms with van der Waals surface area (Å²) >= 11 is 0. The maximum Gasteiger partial charge on any atom is 0.292 e. The van der Waals surface area contributed by atoms with Crippen LogP contribution in [0.2, 0.25) is 0 Å². The first-order chi connectivity index (χ1) is 15.7. The van der Waals surface area contributed by atoms with Gasteiger partial charge < -0.3 is 15.6 Å². The molecule has 0 spiro atoms. The first kappa shape index (κ1) is 20.6. The summed E-state index contributed by atoms with van der Waals surface area (Å²) in [5, 5.41) is 27.4. The lowest BCUT2D eigenvalue weighted by atomic mass is 9.78. The van der Waals surface area contributed by atoms with Crippen molar-refractivity contribution in [1.29, 1.82) is 5.26 Å². The fourth-order valence-electron chi connectivity index (χ4n) is 4.25. The van der Waals surface area contributed by atoms with Crippen LogP contribution in [0.5, 0.6) is 5.75 Å². The summed E-state index contributed by atoms with van der Waals surface area (Å²) in [5.41, 5.74) is 6.97. The third-order valence-electron chi connectivity index (χ3n) is 5.73. The van der Waals surface area contributed by atoms with Crippen LogP contribution in [0.25, 0.3) is 10.8 Å². The van der Waals surface area contributed by atoms with E-state index in [1.807, 2.05) is 30.3 Å². The molecule has 33 heavy (non-hydrogen) atoms. The molecule has 164 valence electrons. The van der Waals surface area contributed by atoms with Gasteiger partial charge in [0.25, 0.3) is 11.9 Å². The highest BCUT2D eigenvalue weighted by Gasteiger charge is 2.46. The number of hydrogen-bond donors (Lipinski definition) is 3. The first-order valence-corrected chi connectivity index (χ1v) is 11.3. The molecule has 10 heteroatoms. The average Bonchev–Trinajstić information content (AvgIpc) is 2.78. The van der Waals surface area contributed by atoms with Crippen LogP contribution < -0.4 is 20.5 Å². The Balaban J connectivity index is 1.75. The molecule has 0 bridgehead atoms. The highest BCUT2D eigenvalue weighted by molar-refractivity contribution is 7.89. The van der Waals surface area contributed by atoms with Crippen LogP contribution in [0.1, 0.15) is 11.5 Å². The molecule has 3 aromatic carbocycles. The number of allylic oxidation sites excluding steroid dienone is 1. The van der Waals surface area contributed by atoms with E-state index in [0.29, 0.717) is 11.3 Å². The minimum absolute atomic E-state index is 0.0487. The van der Waals surface area contributed by atoms with Crippen molar-refractivity contribution in [2.45, 2.75) is 10.8 Å². The van der Waals surface area contributed by atoms with Crippen molar-refractivity contribution in [3.8, 4) is 11.8 Å². The van der Waals surface area contributed by atoms with Crippen molar-refractivity contribution >= 4 is 32.4 Å². The summed E-state index contributed by atoms with van der Waals surface area (Å²) in [5.74, 6) is -2.07. The van der Waals surface area contributed by atoms with Crippen LogP contribution in [0, 0.1) is 11.3 Å². The number of nitriles is 1. The monoisotopic (exact) mass is 460 g/mol. The number of nitrogens with zero attached hydrogens (tertiary/aromatic N) is 2. The van der Waals surface area contributed by atoms with Gasteiger partial charge in [0, 0.05) is 5.56 Å². The van der Waals surface area contributed by atoms with Gasteiger partial charge >= 0.3 is 0 Å². The van der Waals surface area contributed by atoms with E-state index in [1.165, 1.54) is 24.3 Å². The maximum atomic E-state index is 13.5. The molecule has 5 N–H and O–H groups in total. The Morgan fingerprint density at radius 2 is 1.76 bits per heavy atom. The highest BCUT2D eigenvalue weighted by atomic mass is 32.2. The molecule has 1 amide bonds. The van der Waals surface area contributed by atoms with Gasteiger partial charge in [-0.3, -0.25) is 9.69 Å². The Hall–Kier alpha value is -4.33. The molecular weight excluding hydrogens is 444 g/mol. The van der Waals surface area contributed by atoms with Crippen molar-refractivity contribution in [2.24, 2.45) is 10.9 Å². The van der Waals surface area contributed by atoms with Gasteiger partial charge in [-0.05, 0) is 41.1 Å². The number of fused-ring (bicyclic) bond motifs is 5. The van der Waals surface area contributed by atoms with Gasteiger partial charge in [0.05, 0.1) is 28.1 Å². The van der Waals surface area contributed by atoms with Gasteiger partial charge in [0.2, 0.25) is 10.0 Å². The summed E-state index contributed by atoms with van der Waals surface area (Å²) in [7, 11) is -3.94. The number of ether oxygens (including phenoxy) is 1. The zero-order valence-electron chi connectivity index (χ0n) is 16.9. The zero-order valence-corrected chi connectivity index (χ0v) is 17.7. The second-order valence-electron chi connectivity index (χ2n) is 7.54. The van der Waals surface area contributed by atoms with E-state index >= 15 is 0 Å². The molecule has 0 aromatic heterocycles. The van der Waals surface area contributed by atoms with Crippen molar-refractivity contribution < 1.29 is 23.1 Å². The van der Waals surface area contributed by atoms with Crippen LogP contribution in [-0.2, 0) is 14.8 Å². The first-order valence-electron chi connectivity index (χ1n) is 9.72. The van der Waals surface area contributed by atoms with Crippen LogP contribution in [0.4, 0.5) is 5.69 Å². The summed E-state index contributed by atoms with van der Waals surface area (Å²) in [4.78, 5) is 14.4. The summed E-state index contributed by atoms with van der Waals surface area (Å²) in [6.45, 7) is 0. The number of carbonyl (C=O) groups excluding carboxylic acids is 1.